The molecule has 0 atom stereocenters. The molecule has 1 aromatic carbocycles. The molecule has 6 nitrogen and oxygen atoms in total. The molecule has 24 heavy (non-hydrogen) atoms. The fraction of sp³-hybridized carbons (Fsp3) is 0.556. The van der Waals surface area contributed by atoms with E-state index in [2.05, 4.69) is 10.2 Å². The molecule has 6 heteroatoms. The molecule has 0 saturated carbocycles. The van der Waals surface area contributed by atoms with Gasteiger partial charge in [0, 0.05) is 25.1 Å². The van der Waals surface area contributed by atoms with Crippen LogP contribution in [0, 0.1) is 0 Å². The van der Waals surface area contributed by atoms with Gasteiger partial charge >= 0.3 is 0 Å². The fourth-order valence-corrected chi connectivity index (χ4v) is 3.02. The van der Waals surface area contributed by atoms with Crippen molar-refractivity contribution < 1.29 is 9.59 Å². The van der Waals surface area contributed by atoms with Crippen LogP contribution in [-0.2, 0) is 4.79 Å². The number of rotatable bonds is 9. The van der Waals surface area contributed by atoms with E-state index < -0.39 is 5.91 Å². The number of nitrogens with one attached hydrogen (secondary N) is 1. The maximum Gasteiger partial charge on any atom is 0.248 e. The van der Waals surface area contributed by atoms with Crippen LogP contribution >= 0.6 is 0 Å². The lowest BCUT2D eigenvalue weighted by atomic mass is 10.1. The molecule has 0 bridgehead atoms. The summed E-state index contributed by atoms with van der Waals surface area (Å²) in [5.74, 6) is -0.509. The summed E-state index contributed by atoms with van der Waals surface area (Å²) >= 11 is 0. The molecule has 1 fully saturated rings. The summed E-state index contributed by atoms with van der Waals surface area (Å²) in [6.07, 6.45) is 6.68. The molecule has 0 radical (unpaired) electrons. The minimum absolute atomic E-state index is 0.0233. The first-order valence-corrected chi connectivity index (χ1v) is 8.80. The molecule has 0 unspecified atom stereocenters. The van der Waals surface area contributed by atoms with Crippen molar-refractivity contribution in [1.29, 1.82) is 0 Å². The second kappa shape index (κ2) is 9.27. The van der Waals surface area contributed by atoms with Crippen molar-refractivity contribution in [1.82, 2.24) is 0 Å². The number of hydrogen-bond acceptors (Lipinski definition) is 4. The summed E-state index contributed by atoms with van der Waals surface area (Å²) in [5.41, 5.74) is 12.9. The van der Waals surface area contributed by atoms with Crippen molar-refractivity contribution in [3.8, 4) is 0 Å². The number of primary amides is 1. The van der Waals surface area contributed by atoms with Gasteiger partial charge < -0.3 is 21.7 Å². The van der Waals surface area contributed by atoms with Crippen molar-refractivity contribution in [2.24, 2.45) is 11.5 Å². The van der Waals surface area contributed by atoms with Crippen LogP contribution in [-0.4, -0.2) is 31.4 Å². The van der Waals surface area contributed by atoms with Gasteiger partial charge in [0.15, 0.2) is 0 Å². The van der Waals surface area contributed by atoms with Gasteiger partial charge in [-0.1, -0.05) is 12.8 Å². The molecule has 1 aliphatic rings. The maximum atomic E-state index is 12.2. The van der Waals surface area contributed by atoms with E-state index in [1.54, 1.807) is 12.1 Å². The molecule has 1 aromatic rings. The van der Waals surface area contributed by atoms with Gasteiger partial charge in [0.25, 0.3) is 0 Å². The van der Waals surface area contributed by atoms with E-state index in [0.29, 0.717) is 24.2 Å². The smallest absolute Gasteiger partial charge is 0.248 e. The zero-order valence-electron chi connectivity index (χ0n) is 14.2. The number of anilines is 2. The molecular weight excluding hydrogens is 304 g/mol. The number of carbonyl (C=O) groups is 2. The van der Waals surface area contributed by atoms with E-state index in [-0.39, 0.29) is 5.91 Å². The topological polar surface area (TPSA) is 101 Å². The minimum atomic E-state index is -0.486. The van der Waals surface area contributed by atoms with Crippen molar-refractivity contribution in [3.05, 3.63) is 23.8 Å². The Morgan fingerprint density at radius 2 is 1.79 bits per heavy atom. The van der Waals surface area contributed by atoms with Gasteiger partial charge in [-0.05, 0) is 50.4 Å². The summed E-state index contributed by atoms with van der Waals surface area (Å²) < 4.78 is 0. The monoisotopic (exact) mass is 332 g/mol. The van der Waals surface area contributed by atoms with Gasteiger partial charge in [0.2, 0.25) is 11.8 Å². The second-order valence-electron chi connectivity index (χ2n) is 6.29. The molecule has 1 saturated heterocycles. The Kier molecular flexibility index (Phi) is 7.06. The van der Waals surface area contributed by atoms with Crippen molar-refractivity contribution in [3.63, 3.8) is 0 Å². The normalized spacial score (nSPS) is 14.0. The summed E-state index contributed by atoms with van der Waals surface area (Å²) in [6.45, 7) is 2.64. The van der Waals surface area contributed by atoms with Gasteiger partial charge in [-0.2, -0.15) is 0 Å². The van der Waals surface area contributed by atoms with Crippen molar-refractivity contribution >= 4 is 23.2 Å². The highest BCUT2D eigenvalue weighted by molar-refractivity contribution is 5.99. The SMILES string of the molecule is NCCCCCCC(=O)Nc1cc(C(N)=O)ccc1N1CCCC1. The molecule has 0 spiro atoms. The van der Waals surface area contributed by atoms with Crippen LogP contribution in [0.1, 0.15) is 55.3 Å². The van der Waals surface area contributed by atoms with Crippen LogP contribution < -0.4 is 21.7 Å². The highest BCUT2D eigenvalue weighted by Crippen LogP contribution is 2.30. The Morgan fingerprint density at radius 1 is 1.08 bits per heavy atom. The highest BCUT2D eigenvalue weighted by Gasteiger charge is 2.18. The lowest BCUT2D eigenvalue weighted by Crippen LogP contribution is -2.22. The average Bonchev–Trinajstić information content (AvgIpc) is 3.08. The first kappa shape index (κ1) is 18.3. The van der Waals surface area contributed by atoms with E-state index in [9.17, 15) is 9.59 Å². The second-order valence-corrected chi connectivity index (χ2v) is 6.29. The number of nitrogens with zero attached hydrogens (tertiary/aromatic N) is 1. The standard InChI is InChI=1S/C18H28N4O2/c19-10-4-2-1-3-7-17(23)21-15-13-14(18(20)24)8-9-16(15)22-11-5-6-12-22/h8-9,13H,1-7,10-12,19H2,(H2,20,24)(H,21,23). The number of unbranched alkanes of at least 4 members (excludes halogenated alkanes) is 3. The third kappa shape index (κ3) is 5.23. The van der Waals surface area contributed by atoms with Crippen molar-refractivity contribution in [2.45, 2.75) is 44.9 Å². The lowest BCUT2D eigenvalue weighted by Gasteiger charge is -2.22. The van der Waals surface area contributed by atoms with Crippen LogP contribution in [0.15, 0.2) is 18.2 Å². The zero-order valence-corrected chi connectivity index (χ0v) is 14.2. The van der Waals surface area contributed by atoms with Crippen LogP contribution in [0.2, 0.25) is 0 Å². The first-order chi connectivity index (χ1) is 11.6. The third-order valence-electron chi connectivity index (χ3n) is 4.36. The first-order valence-electron chi connectivity index (χ1n) is 8.80. The quantitative estimate of drug-likeness (QED) is 0.604. The molecule has 1 aliphatic heterocycles. The molecule has 2 amide bonds. The molecular formula is C18H28N4O2. The van der Waals surface area contributed by atoms with Gasteiger partial charge in [-0.25, -0.2) is 0 Å². The van der Waals surface area contributed by atoms with Crippen LogP contribution in [0.5, 0.6) is 0 Å². The van der Waals surface area contributed by atoms with Crippen LogP contribution in [0.25, 0.3) is 0 Å². The molecule has 0 aliphatic carbocycles. The molecule has 2 rings (SSSR count). The Labute approximate surface area is 143 Å². The predicted octanol–water partition coefficient (Wildman–Crippen LogP) is 2.23. The van der Waals surface area contributed by atoms with E-state index >= 15 is 0 Å². The van der Waals surface area contributed by atoms with Gasteiger partial charge in [0.1, 0.15) is 0 Å². The molecule has 132 valence electrons. The largest absolute Gasteiger partial charge is 0.370 e. The van der Waals surface area contributed by atoms with E-state index in [0.717, 1.165) is 57.3 Å². The minimum Gasteiger partial charge on any atom is -0.370 e. The van der Waals surface area contributed by atoms with Crippen LogP contribution in [0.3, 0.4) is 0 Å². The van der Waals surface area contributed by atoms with Gasteiger partial charge in [-0.15, -0.1) is 0 Å². The Bertz CT molecular complexity index is 568. The highest BCUT2D eigenvalue weighted by atomic mass is 16.2. The van der Waals surface area contributed by atoms with Crippen molar-refractivity contribution in [2.75, 3.05) is 29.9 Å². The number of carbonyl (C=O) groups excluding carboxylic acids is 2. The van der Waals surface area contributed by atoms with Gasteiger partial charge in [-0.3, -0.25) is 9.59 Å². The zero-order chi connectivity index (χ0) is 17.4. The molecule has 1 heterocycles. The summed E-state index contributed by atoms with van der Waals surface area (Å²) in [5, 5.41) is 2.96. The summed E-state index contributed by atoms with van der Waals surface area (Å²) in [6, 6.07) is 5.28. The summed E-state index contributed by atoms with van der Waals surface area (Å²) in [7, 11) is 0. The average molecular weight is 332 g/mol. The Balaban J connectivity index is 2.01. The number of nitrogens with two attached hydrogens (primary N) is 2. The Hall–Kier alpha value is -2.08. The van der Waals surface area contributed by atoms with E-state index in [1.807, 2.05) is 6.07 Å². The van der Waals surface area contributed by atoms with E-state index in [1.165, 1.54) is 0 Å². The summed E-state index contributed by atoms with van der Waals surface area (Å²) in [4.78, 5) is 25.9. The molecule has 5 N–H and O–H groups in total. The number of hydrogen-bond donors (Lipinski definition) is 3. The number of amides is 2. The fourth-order valence-electron chi connectivity index (χ4n) is 3.02. The Morgan fingerprint density at radius 3 is 2.46 bits per heavy atom. The lowest BCUT2D eigenvalue weighted by molar-refractivity contribution is -0.116. The molecule has 0 aromatic heterocycles. The maximum absolute atomic E-state index is 12.2. The predicted molar refractivity (Wildman–Crippen MR) is 97.2 cm³/mol. The van der Waals surface area contributed by atoms with Gasteiger partial charge in [0.05, 0.1) is 11.4 Å². The number of benzene rings is 1. The van der Waals surface area contributed by atoms with E-state index in [4.69, 9.17) is 11.5 Å². The third-order valence-corrected chi connectivity index (χ3v) is 4.36. The van der Waals surface area contributed by atoms with Crippen LogP contribution in [0.4, 0.5) is 11.4 Å².